The Bertz CT molecular complexity index is 1570. The van der Waals surface area contributed by atoms with Crippen LogP contribution in [0.2, 0.25) is 0 Å². The quantitative estimate of drug-likeness (QED) is 0.114. The highest BCUT2D eigenvalue weighted by atomic mass is 16.5. The molecular formula is C34H38N6O2. The van der Waals surface area contributed by atoms with Crippen LogP contribution in [0.25, 0.3) is 33.6 Å². The fraction of sp³-hybridized carbons (Fsp3) is 0.324. The molecule has 0 saturated heterocycles. The zero-order chi connectivity index (χ0) is 29.3. The molecule has 0 atom stereocenters. The van der Waals surface area contributed by atoms with Crippen molar-refractivity contribution < 1.29 is 9.53 Å². The average Bonchev–Trinajstić information content (AvgIpc) is 3.69. The summed E-state index contributed by atoms with van der Waals surface area (Å²) in [5.41, 5.74) is 7.01. The van der Waals surface area contributed by atoms with Gasteiger partial charge in [0.2, 0.25) is 5.82 Å². The van der Waals surface area contributed by atoms with Crippen molar-refractivity contribution in [2.45, 2.75) is 65.5 Å². The molecule has 0 aliphatic rings. The highest BCUT2D eigenvalue weighted by Gasteiger charge is 2.18. The predicted molar refractivity (Wildman–Crippen MR) is 165 cm³/mol. The molecule has 0 fully saturated rings. The van der Waals surface area contributed by atoms with E-state index in [2.05, 4.69) is 85.6 Å². The van der Waals surface area contributed by atoms with Gasteiger partial charge in [0.25, 0.3) is 0 Å². The number of H-pyrrole nitrogens is 1. The highest BCUT2D eigenvalue weighted by molar-refractivity contribution is 5.94. The number of aromatic amines is 1. The lowest BCUT2D eigenvalue weighted by Crippen LogP contribution is -2.14. The minimum absolute atomic E-state index is 0.108. The average molecular weight is 563 g/mol. The van der Waals surface area contributed by atoms with Gasteiger partial charge in [-0.2, -0.15) is 5.21 Å². The minimum atomic E-state index is 0.108. The molecule has 8 nitrogen and oxygen atoms in total. The molecule has 2 aromatic heterocycles. The molecule has 3 aromatic carbocycles. The molecule has 5 rings (SSSR count). The lowest BCUT2D eigenvalue weighted by molar-refractivity contribution is 0.0719. The summed E-state index contributed by atoms with van der Waals surface area (Å²) in [6.07, 6.45) is 6.01. The number of hydrogen-bond donors (Lipinski definition) is 1. The van der Waals surface area contributed by atoms with Gasteiger partial charge in [0.05, 0.1) is 12.3 Å². The Hall–Kier alpha value is -4.43. The van der Waals surface area contributed by atoms with Crippen molar-refractivity contribution in [3.05, 3.63) is 96.1 Å². The Morgan fingerprint density at radius 1 is 0.929 bits per heavy atom. The van der Waals surface area contributed by atoms with Crippen LogP contribution in [0.3, 0.4) is 0 Å². The number of carbonyl (C=O) groups excluding carboxylic acids is 1. The zero-order valence-electron chi connectivity index (χ0n) is 24.6. The molecule has 1 N–H and O–H groups in total. The van der Waals surface area contributed by atoms with Crippen LogP contribution in [0.4, 0.5) is 0 Å². The Morgan fingerprint density at radius 2 is 1.71 bits per heavy atom. The smallest absolute Gasteiger partial charge is 0.205 e. The van der Waals surface area contributed by atoms with Gasteiger partial charge >= 0.3 is 0 Å². The first-order valence-corrected chi connectivity index (χ1v) is 14.7. The molecular weight excluding hydrogens is 524 g/mol. The maximum absolute atomic E-state index is 13.2. The molecule has 216 valence electrons. The van der Waals surface area contributed by atoms with Crippen molar-refractivity contribution in [3.8, 4) is 33.6 Å². The monoisotopic (exact) mass is 562 g/mol. The minimum Gasteiger partial charge on any atom is -0.379 e. The van der Waals surface area contributed by atoms with Gasteiger partial charge in [-0.1, -0.05) is 74.0 Å². The third-order valence-corrected chi connectivity index (χ3v) is 7.30. The first kappa shape index (κ1) is 29.1. The number of aromatic nitrogens is 6. The van der Waals surface area contributed by atoms with E-state index in [0.717, 1.165) is 58.5 Å². The number of ketones is 1. The molecule has 0 unspecified atom stereocenters. The number of nitrogens with zero attached hydrogens (tertiary/aromatic N) is 5. The lowest BCUT2D eigenvalue weighted by atomic mass is 9.93. The van der Waals surface area contributed by atoms with Crippen molar-refractivity contribution in [1.29, 1.82) is 0 Å². The number of hydrogen-bond acceptors (Lipinski definition) is 6. The van der Waals surface area contributed by atoms with E-state index in [-0.39, 0.29) is 11.9 Å². The fourth-order valence-corrected chi connectivity index (χ4v) is 5.06. The molecule has 0 spiro atoms. The SMILES string of the molecule is CCCCc1ncc(C(=O)CCCOC(C)C)n1Cc1ccc(-c2cc(-c3ccccc3)ccc2-c2nn[nH]n2)cc1. The number of rotatable bonds is 14. The van der Waals surface area contributed by atoms with Gasteiger partial charge < -0.3 is 9.30 Å². The molecule has 0 amide bonds. The normalized spacial score (nSPS) is 11.3. The maximum Gasteiger partial charge on any atom is 0.205 e. The molecule has 0 radical (unpaired) electrons. The van der Waals surface area contributed by atoms with Crippen LogP contribution in [0.1, 0.15) is 68.3 Å². The van der Waals surface area contributed by atoms with Crippen molar-refractivity contribution in [2.75, 3.05) is 6.61 Å². The number of ether oxygens (including phenoxy) is 1. The Kier molecular flexibility index (Phi) is 9.66. The van der Waals surface area contributed by atoms with Crippen molar-refractivity contribution in [2.24, 2.45) is 0 Å². The van der Waals surface area contributed by atoms with Gasteiger partial charge in [0.15, 0.2) is 5.78 Å². The number of Topliss-reactive ketones (excluding diaryl/α,β-unsaturated/α-hetero) is 1. The van der Waals surface area contributed by atoms with Crippen LogP contribution in [0.5, 0.6) is 0 Å². The summed E-state index contributed by atoms with van der Waals surface area (Å²) < 4.78 is 7.73. The van der Waals surface area contributed by atoms with E-state index in [0.29, 0.717) is 37.5 Å². The third-order valence-electron chi connectivity index (χ3n) is 7.30. The summed E-state index contributed by atoms with van der Waals surface area (Å²) in [5, 5.41) is 14.8. The van der Waals surface area contributed by atoms with Gasteiger partial charge in [-0.05, 0) is 71.9 Å². The molecule has 2 heterocycles. The summed E-state index contributed by atoms with van der Waals surface area (Å²) in [6, 6.07) is 25.1. The molecule has 0 aliphatic heterocycles. The van der Waals surface area contributed by atoms with Gasteiger partial charge in [-0.15, -0.1) is 10.2 Å². The van der Waals surface area contributed by atoms with Crippen LogP contribution in [0, 0.1) is 0 Å². The van der Waals surface area contributed by atoms with Crippen LogP contribution in [-0.4, -0.2) is 48.7 Å². The molecule has 5 aromatic rings. The van der Waals surface area contributed by atoms with Gasteiger partial charge in [0, 0.05) is 31.6 Å². The molecule has 42 heavy (non-hydrogen) atoms. The maximum atomic E-state index is 13.2. The first-order valence-electron chi connectivity index (χ1n) is 14.7. The van der Waals surface area contributed by atoms with Crippen molar-refractivity contribution >= 4 is 5.78 Å². The van der Waals surface area contributed by atoms with E-state index in [1.54, 1.807) is 6.20 Å². The second-order valence-corrected chi connectivity index (χ2v) is 10.8. The first-order chi connectivity index (χ1) is 20.5. The number of unbranched alkanes of at least 4 members (excludes halogenated alkanes) is 1. The molecule has 0 saturated carbocycles. The van der Waals surface area contributed by atoms with Crippen LogP contribution < -0.4 is 0 Å². The largest absolute Gasteiger partial charge is 0.379 e. The Balaban J connectivity index is 1.42. The Morgan fingerprint density at radius 3 is 2.43 bits per heavy atom. The second kappa shape index (κ2) is 14.0. The number of carbonyl (C=O) groups is 1. The van der Waals surface area contributed by atoms with E-state index in [9.17, 15) is 4.79 Å². The van der Waals surface area contributed by atoms with E-state index in [1.165, 1.54) is 0 Å². The highest BCUT2D eigenvalue weighted by Crippen LogP contribution is 2.34. The van der Waals surface area contributed by atoms with Crippen molar-refractivity contribution in [3.63, 3.8) is 0 Å². The standard InChI is InChI=1S/C34H38N6O2/c1-4-5-13-33-35-22-31(32(41)12-9-20-42-24(2)3)40(33)23-25-14-16-27(17-15-25)30-21-28(26-10-7-6-8-11-26)18-19-29(30)34-36-38-39-37-34/h6-8,10-11,14-19,21-22,24H,4-5,9,12-13,20,23H2,1-3H3,(H,36,37,38,39). The van der Waals surface area contributed by atoms with Crippen LogP contribution >= 0.6 is 0 Å². The lowest BCUT2D eigenvalue weighted by Gasteiger charge is -2.14. The number of tetrazole rings is 1. The van der Waals surface area contributed by atoms with E-state index >= 15 is 0 Å². The van der Waals surface area contributed by atoms with E-state index < -0.39 is 0 Å². The topological polar surface area (TPSA) is 98.6 Å². The summed E-state index contributed by atoms with van der Waals surface area (Å²) in [5.74, 6) is 1.61. The predicted octanol–water partition coefficient (Wildman–Crippen LogP) is 7.18. The van der Waals surface area contributed by atoms with E-state index in [4.69, 9.17) is 4.74 Å². The number of aryl methyl sites for hydroxylation is 1. The Labute approximate surface area is 247 Å². The number of benzene rings is 3. The molecule has 8 heteroatoms. The molecule has 0 aliphatic carbocycles. The number of imidazole rings is 1. The second-order valence-electron chi connectivity index (χ2n) is 10.8. The van der Waals surface area contributed by atoms with Crippen LogP contribution in [0.15, 0.2) is 79.0 Å². The van der Waals surface area contributed by atoms with Gasteiger partial charge in [0.1, 0.15) is 11.5 Å². The van der Waals surface area contributed by atoms with E-state index in [1.807, 2.05) is 38.1 Å². The third kappa shape index (κ3) is 7.06. The van der Waals surface area contributed by atoms with Gasteiger partial charge in [-0.25, -0.2) is 4.98 Å². The fourth-order valence-electron chi connectivity index (χ4n) is 5.06. The van der Waals surface area contributed by atoms with Crippen molar-refractivity contribution in [1.82, 2.24) is 30.2 Å². The number of nitrogens with one attached hydrogen (secondary N) is 1. The molecule has 0 bridgehead atoms. The summed E-state index contributed by atoms with van der Waals surface area (Å²) in [4.78, 5) is 17.8. The summed E-state index contributed by atoms with van der Waals surface area (Å²) >= 11 is 0. The zero-order valence-corrected chi connectivity index (χ0v) is 24.6. The van der Waals surface area contributed by atoms with Gasteiger partial charge in [-0.3, -0.25) is 4.79 Å². The van der Waals surface area contributed by atoms with Crippen LogP contribution in [-0.2, 0) is 17.7 Å². The summed E-state index contributed by atoms with van der Waals surface area (Å²) in [6.45, 7) is 7.36. The summed E-state index contributed by atoms with van der Waals surface area (Å²) in [7, 11) is 0.